The van der Waals surface area contributed by atoms with Crippen molar-refractivity contribution in [3.8, 4) is 0 Å². The minimum atomic E-state index is 0.871. The minimum absolute atomic E-state index is 0.871. The standard InChI is InChI=1S/C13H10Br2N2/c14-11-5-12(15)13-16-6-9-3-1-2-4-10(9)7-17(13)8-11/h1-5,8H,6-7H2/p+1. The Morgan fingerprint density at radius 1 is 1.12 bits per heavy atom. The number of benzene rings is 1. The summed E-state index contributed by atoms with van der Waals surface area (Å²) in [4.78, 5) is 0. The molecule has 0 aliphatic carbocycles. The summed E-state index contributed by atoms with van der Waals surface area (Å²) < 4.78 is 4.38. The molecule has 86 valence electrons. The van der Waals surface area contributed by atoms with Crippen molar-refractivity contribution >= 4 is 37.7 Å². The van der Waals surface area contributed by atoms with Crippen LogP contribution in [-0.4, -0.2) is 0 Å². The Morgan fingerprint density at radius 3 is 2.71 bits per heavy atom. The first-order chi connectivity index (χ1) is 8.24. The number of aromatic nitrogens is 1. The fourth-order valence-electron chi connectivity index (χ4n) is 2.13. The highest BCUT2D eigenvalue weighted by atomic mass is 79.9. The lowest BCUT2D eigenvalue weighted by atomic mass is 10.1. The molecule has 2 nitrogen and oxygen atoms in total. The molecule has 0 atom stereocenters. The molecule has 3 rings (SSSR count). The van der Waals surface area contributed by atoms with Crippen LogP contribution in [0.15, 0.2) is 45.5 Å². The van der Waals surface area contributed by atoms with Crippen LogP contribution in [0.3, 0.4) is 0 Å². The van der Waals surface area contributed by atoms with Crippen LogP contribution in [0, 0.1) is 0 Å². The Kier molecular flexibility index (Phi) is 2.92. The van der Waals surface area contributed by atoms with Gasteiger partial charge in [-0.2, -0.15) is 0 Å². The number of halogens is 2. The molecule has 0 fully saturated rings. The molecule has 0 saturated heterocycles. The highest BCUT2D eigenvalue weighted by Crippen LogP contribution is 2.25. The normalized spacial score (nSPS) is 13.3. The van der Waals surface area contributed by atoms with Gasteiger partial charge in [0.15, 0.2) is 0 Å². The Bertz CT molecular complexity index is 582. The zero-order valence-electron chi connectivity index (χ0n) is 9.08. The van der Waals surface area contributed by atoms with Crippen LogP contribution >= 0.6 is 31.9 Å². The van der Waals surface area contributed by atoms with Crippen LogP contribution in [0.1, 0.15) is 11.1 Å². The first-order valence-corrected chi connectivity index (χ1v) is 7.02. The van der Waals surface area contributed by atoms with Gasteiger partial charge in [-0.1, -0.05) is 24.3 Å². The zero-order valence-corrected chi connectivity index (χ0v) is 12.3. The van der Waals surface area contributed by atoms with Gasteiger partial charge >= 0.3 is 0 Å². The smallest absolute Gasteiger partial charge is 0.269 e. The largest absolute Gasteiger partial charge is 0.289 e. The molecule has 1 aliphatic heterocycles. The number of hydrogen-bond acceptors (Lipinski definition) is 1. The van der Waals surface area contributed by atoms with Crippen LogP contribution in [-0.2, 0) is 13.1 Å². The molecule has 0 unspecified atom stereocenters. The van der Waals surface area contributed by atoms with Gasteiger partial charge in [-0.25, -0.2) is 4.57 Å². The van der Waals surface area contributed by atoms with Gasteiger partial charge in [0, 0.05) is 11.1 Å². The fraction of sp³-hybridized carbons (Fsp3) is 0.154. The van der Waals surface area contributed by atoms with Gasteiger partial charge in [-0.3, -0.25) is 5.32 Å². The predicted molar refractivity (Wildman–Crippen MR) is 74.9 cm³/mol. The second kappa shape index (κ2) is 4.42. The van der Waals surface area contributed by atoms with Crippen molar-refractivity contribution in [2.24, 2.45) is 0 Å². The van der Waals surface area contributed by atoms with E-state index >= 15 is 0 Å². The Hall–Kier alpha value is -0.870. The van der Waals surface area contributed by atoms with Crippen molar-refractivity contribution in [3.05, 3.63) is 56.6 Å². The molecule has 0 spiro atoms. The van der Waals surface area contributed by atoms with Gasteiger partial charge in [0.2, 0.25) is 0 Å². The van der Waals surface area contributed by atoms with Gasteiger partial charge in [-0.05, 0) is 37.9 Å². The van der Waals surface area contributed by atoms with Crippen molar-refractivity contribution in [1.82, 2.24) is 0 Å². The monoisotopic (exact) mass is 353 g/mol. The van der Waals surface area contributed by atoms with E-state index in [4.69, 9.17) is 0 Å². The summed E-state index contributed by atoms with van der Waals surface area (Å²) in [5, 5.41) is 3.47. The first kappa shape index (κ1) is 11.2. The van der Waals surface area contributed by atoms with Crippen molar-refractivity contribution in [3.63, 3.8) is 0 Å². The molecular weight excluding hydrogens is 344 g/mol. The number of fused-ring (bicyclic) bond motifs is 2. The topological polar surface area (TPSA) is 15.9 Å². The summed E-state index contributed by atoms with van der Waals surface area (Å²) in [5.74, 6) is 1.13. The molecule has 1 aromatic carbocycles. The van der Waals surface area contributed by atoms with Gasteiger partial charge in [0.25, 0.3) is 5.82 Å². The Morgan fingerprint density at radius 2 is 1.88 bits per heavy atom. The van der Waals surface area contributed by atoms with Gasteiger partial charge < -0.3 is 0 Å². The molecule has 17 heavy (non-hydrogen) atoms. The lowest BCUT2D eigenvalue weighted by molar-refractivity contribution is -0.674. The van der Waals surface area contributed by atoms with E-state index in [0.717, 1.165) is 27.9 Å². The molecule has 1 aromatic heterocycles. The maximum absolute atomic E-state index is 3.60. The average molecular weight is 355 g/mol. The maximum Gasteiger partial charge on any atom is 0.289 e. The zero-order chi connectivity index (χ0) is 11.8. The lowest BCUT2D eigenvalue weighted by Crippen LogP contribution is -2.36. The number of pyridine rings is 1. The van der Waals surface area contributed by atoms with Crippen molar-refractivity contribution in [2.75, 3.05) is 5.32 Å². The molecule has 0 bridgehead atoms. The van der Waals surface area contributed by atoms with Crippen LogP contribution in [0.2, 0.25) is 0 Å². The van der Waals surface area contributed by atoms with E-state index in [1.165, 1.54) is 11.1 Å². The number of anilines is 1. The van der Waals surface area contributed by atoms with Crippen LogP contribution in [0.5, 0.6) is 0 Å². The van der Waals surface area contributed by atoms with Gasteiger partial charge in [-0.15, -0.1) is 0 Å². The quantitative estimate of drug-likeness (QED) is 0.716. The van der Waals surface area contributed by atoms with E-state index in [1.54, 1.807) is 0 Å². The highest BCUT2D eigenvalue weighted by Gasteiger charge is 2.20. The molecule has 0 amide bonds. The summed E-state index contributed by atoms with van der Waals surface area (Å²) in [6.07, 6.45) is 2.11. The summed E-state index contributed by atoms with van der Waals surface area (Å²) in [5.41, 5.74) is 2.73. The summed E-state index contributed by atoms with van der Waals surface area (Å²) in [6, 6.07) is 10.6. The summed E-state index contributed by atoms with van der Waals surface area (Å²) in [7, 11) is 0. The maximum atomic E-state index is 3.60. The second-order valence-electron chi connectivity index (χ2n) is 4.11. The molecule has 0 radical (unpaired) electrons. The first-order valence-electron chi connectivity index (χ1n) is 5.43. The average Bonchev–Trinajstić information content (AvgIpc) is 2.47. The third kappa shape index (κ3) is 2.11. The number of nitrogens with zero attached hydrogens (tertiary/aromatic N) is 1. The number of hydrogen-bond donors (Lipinski definition) is 1. The minimum Gasteiger partial charge on any atom is -0.269 e. The SMILES string of the molecule is Brc1cc(Br)c2[n+](c1)Cc1ccccc1CN2. The van der Waals surface area contributed by atoms with Crippen molar-refractivity contribution in [2.45, 2.75) is 13.1 Å². The molecule has 2 heterocycles. The highest BCUT2D eigenvalue weighted by molar-refractivity contribution is 9.11. The van der Waals surface area contributed by atoms with E-state index in [9.17, 15) is 0 Å². The van der Waals surface area contributed by atoms with Gasteiger partial charge in [0.05, 0.1) is 4.47 Å². The van der Waals surface area contributed by atoms with Crippen LogP contribution < -0.4 is 9.88 Å². The van der Waals surface area contributed by atoms with Gasteiger partial charge in [0.1, 0.15) is 23.8 Å². The van der Waals surface area contributed by atoms with E-state index < -0.39 is 0 Å². The molecule has 1 N–H and O–H groups in total. The third-order valence-electron chi connectivity index (χ3n) is 2.96. The Labute approximate surface area is 117 Å². The van der Waals surface area contributed by atoms with Crippen molar-refractivity contribution < 1.29 is 4.57 Å². The van der Waals surface area contributed by atoms with E-state index in [0.29, 0.717) is 0 Å². The van der Waals surface area contributed by atoms with Crippen LogP contribution in [0.4, 0.5) is 5.82 Å². The molecular formula is C13H11Br2N2+. The number of nitrogens with one attached hydrogen (secondary N) is 1. The third-order valence-corrected chi connectivity index (χ3v) is 4.00. The second-order valence-corrected chi connectivity index (χ2v) is 5.88. The molecule has 4 heteroatoms. The summed E-state index contributed by atoms with van der Waals surface area (Å²) >= 11 is 7.13. The van der Waals surface area contributed by atoms with Crippen LogP contribution in [0.25, 0.3) is 0 Å². The lowest BCUT2D eigenvalue weighted by Gasteiger charge is -2.05. The summed E-state index contributed by atoms with van der Waals surface area (Å²) in [6.45, 7) is 1.77. The predicted octanol–water partition coefficient (Wildman–Crippen LogP) is 3.47. The molecule has 2 aromatic rings. The van der Waals surface area contributed by atoms with E-state index in [1.807, 2.05) is 0 Å². The van der Waals surface area contributed by atoms with E-state index in [-0.39, 0.29) is 0 Å². The van der Waals surface area contributed by atoms with Crippen molar-refractivity contribution in [1.29, 1.82) is 0 Å². The molecule has 1 aliphatic rings. The fourth-order valence-corrected chi connectivity index (χ4v) is 3.53. The Balaban J connectivity index is 2.14. The van der Waals surface area contributed by atoms with E-state index in [2.05, 4.69) is 78.3 Å². The number of rotatable bonds is 0. The molecule has 0 saturated carbocycles.